The zero-order chi connectivity index (χ0) is 12.1. The van der Waals surface area contributed by atoms with Crippen LogP contribution in [0.4, 0.5) is 0 Å². The Labute approximate surface area is 88.7 Å². The molecule has 0 saturated heterocycles. The Morgan fingerprint density at radius 1 is 1.27 bits per heavy atom. The second-order valence-electron chi connectivity index (χ2n) is 3.02. The zero-order valence-corrected chi connectivity index (χ0v) is 10.3. The summed E-state index contributed by atoms with van der Waals surface area (Å²) in [5.41, 5.74) is 0. The summed E-state index contributed by atoms with van der Waals surface area (Å²) < 4.78 is 26.5. The summed E-state index contributed by atoms with van der Waals surface area (Å²) in [6, 6.07) is 0. The molecule has 0 aromatic carbocycles. The summed E-state index contributed by atoms with van der Waals surface area (Å²) in [7, 11) is -9.17. The summed E-state index contributed by atoms with van der Waals surface area (Å²) in [5, 5.41) is -1.05. The normalized spacial score (nSPS) is 16.0. The number of hydrogen-bond acceptors (Lipinski definition) is 3. The van der Waals surface area contributed by atoms with Crippen LogP contribution in [0.1, 0.15) is 26.2 Å². The molecule has 6 nitrogen and oxygen atoms in total. The first kappa shape index (κ1) is 15.0. The van der Waals surface area contributed by atoms with Gasteiger partial charge in [-0.3, -0.25) is 9.13 Å². The Hall–Kier alpha value is 0.0400. The van der Waals surface area contributed by atoms with Crippen LogP contribution in [0.5, 0.6) is 0 Å². The summed E-state index contributed by atoms with van der Waals surface area (Å²) in [6.45, 7) is 4.83. The number of rotatable bonds is 7. The molecule has 0 saturated carbocycles. The molecule has 0 aromatic heterocycles. The summed E-state index contributed by atoms with van der Waals surface area (Å²) in [4.78, 5) is 26.4. The smallest absolute Gasteiger partial charge is 0.321 e. The fraction of sp³-hybridized carbons (Fsp3) is 0.714. The molecule has 15 heavy (non-hydrogen) atoms. The van der Waals surface area contributed by atoms with Crippen molar-refractivity contribution in [3.63, 3.8) is 0 Å². The van der Waals surface area contributed by atoms with Crippen LogP contribution >= 0.6 is 15.2 Å². The highest BCUT2D eigenvalue weighted by molar-refractivity contribution is 7.77. The third-order valence-corrected chi connectivity index (χ3v) is 5.07. The van der Waals surface area contributed by atoms with Gasteiger partial charge in [0.1, 0.15) is 5.06 Å². The Kier molecular flexibility index (Phi) is 5.96. The van der Waals surface area contributed by atoms with Crippen LogP contribution in [-0.4, -0.2) is 21.3 Å². The fourth-order valence-corrected chi connectivity index (χ4v) is 2.80. The second kappa shape index (κ2) is 5.94. The van der Waals surface area contributed by atoms with Gasteiger partial charge in [0.25, 0.3) is 0 Å². The maximum atomic E-state index is 11.3. The summed E-state index contributed by atoms with van der Waals surface area (Å²) in [5.74, 6) is 0. The van der Waals surface area contributed by atoms with Crippen molar-refractivity contribution in [3.05, 3.63) is 11.6 Å². The van der Waals surface area contributed by atoms with E-state index in [1.807, 2.05) is 6.92 Å². The lowest BCUT2D eigenvalue weighted by Gasteiger charge is -2.14. The topological polar surface area (TPSA) is 104 Å². The van der Waals surface area contributed by atoms with Crippen molar-refractivity contribution in [1.29, 1.82) is 0 Å². The minimum Gasteiger partial charge on any atom is -0.321 e. The summed E-state index contributed by atoms with van der Waals surface area (Å²) >= 11 is 0. The van der Waals surface area contributed by atoms with Crippen LogP contribution in [0.2, 0.25) is 0 Å². The van der Waals surface area contributed by atoms with E-state index in [0.29, 0.717) is 6.42 Å². The molecule has 0 aliphatic carbocycles. The minimum absolute atomic E-state index is 0.0133. The predicted molar refractivity (Wildman–Crippen MR) is 56.5 cm³/mol. The molecule has 90 valence electrons. The molecular weight excluding hydrogens is 242 g/mol. The van der Waals surface area contributed by atoms with Crippen molar-refractivity contribution in [1.82, 2.24) is 0 Å². The van der Waals surface area contributed by atoms with Crippen molar-refractivity contribution in [2.24, 2.45) is 0 Å². The fourth-order valence-electron chi connectivity index (χ4n) is 0.779. The van der Waals surface area contributed by atoms with Crippen LogP contribution in [0.25, 0.3) is 0 Å². The summed E-state index contributed by atoms with van der Waals surface area (Å²) in [6.07, 6.45) is 2.30. The maximum Gasteiger partial charge on any atom is 0.366 e. The van der Waals surface area contributed by atoms with Gasteiger partial charge in [-0.15, -0.1) is 0 Å². The van der Waals surface area contributed by atoms with E-state index in [9.17, 15) is 9.13 Å². The standard InChI is InChI=1S/C7H16O6P2/c1-3-4-5-6-13-15(11,12)7(2)14(8,9)10/h2-6H2,1H3,(H,11,12)(H2,8,9,10). The molecule has 0 spiro atoms. The Balaban J connectivity index is 4.25. The van der Waals surface area contributed by atoms with Crippen molar-refractivity contribution in [3.8, 4) is 0 Å². The van der Waals surface area contributed by atoms with E-state index < -0.39 is 20.2 Å². The first-order valence-electron chi connectivity index (χ1n) is 4.44. The highest BCUT2D eigenvalue weighted by atomic mass is 31.2. The molecule has 0 aliphatic heterocycles. The quantitative estimate of drug-likeness (QED) is 0.476. The van der Waals surface area contributed by atoms with E-state index in [-0.39, 0.29) is 6.61 Å². The molecule has 1 unspecified atom stereocenters. The third-order valence-electron chi connectivity index (χ3n) is 1.68. The van der Waals surface area contributed by atoms with Gasteiger partial charge in [-0.25, -0.2) is 0 Å². The minimum atomic E-state index is -4.77. The van der Waals surface area contributed by atoms with Crippen LogP contribution < -0.4 is 0 Å². The van der Waals surface area contributed by atoms with E-state index in [2.05, 4.69) is 11.1 Å². The Morgan fingerprint density at radius 2 is 1.80 bits per heavy atom. The van der Waals surface area contributed by atoms with Crippen LogP contribution in [0.3, 0.4) is 0 Å². The van der Waals surface area contributed by atoms with Crippen molar-refractivity contribution < 1.29 is 28.3 Å². The molecule has 0 heterocycles. The number of unbranched alkanes of at least 4 members (excludes halogenated alkanes) is 2. The molecule has 0 aliphatic rings. The largest absolute Gasteiger partial charge is 0.366 e. The number of hydrogen-bond donors (Lipinski definition) is 3. The molecular formula is C7H16O6P2. The van der Waals surface area contributed by atoms with Gasteiger partial charge >= 0.3 is 15.2 Å². The average molecular weight is 258 g/mol. The lowest BCUT2D eigenvalue weighted by atomic mass is 10.3. The SMILES string of the molecule is C=C(P(=O)(O)O)P(=O)(O)OCCCCC. The first-order chi connectivity index (χ1) is 6.72. The maximum absolute atomic E-state index is 11.3. The van der Waals surface area contributed by atoms with Crippen LogP contribution in [0.15, 0.2) is 11.6 Å². The van der Waals surface area contributed by atoms with Crippen molar-refractivity contribution in [2.75, 3.05) is 6.61 Å². The van der Waals surface area contributed by atoms with E-state index in [1.54, 1.807) is 0 Å². The van der Waals surface area contributed by atoms with Crippen molar-refractivity contribution >= 4 is 15.2 Å². The second-order valence-corrected chi connectivity index (χ2v) is 6.84. The predicted octanol–water partition coefficient (Wildman–Crippen LogP) is 2.03. The molecule has 0 bridgehead atoms. The average Bonchev–Trinajstić information content (AvgIpc) is 2.10. The lowest BCUT2D eigenvalue weighted by Crippen LogP contribution is -1.96. The molecule has 0 radical (unpaired) electrons. The van der Waals surface area contributed by atoms with Gasteiger partial charge in [-0.2, -0.15) is 0 Å². The van der Waals surface area contributed by atoms with Gasteiger partial charge in [0.05, 0.1) is 6.61 Å². The molecule has 1 atom stereocenters. The van der Waals surface area contributed by atoms with Gasteiger partial charge < -0.3 is 19.2 Å². The molecule has 0 rings (SSSR count). The first-order valence-corrected chi connectivity index (χ1v) is 7.63. The van der Waals surface area contributed by atoms with E-state index in [1.165, 1.54) is 0 Å². The molecule has 0 amide bonds. The van der Waals surface area contributed by atoms with Gasteiger partial charge in [0, 0.05) is 0 Å². The van der Waals surface area contributed by atoms with Crippen LogP contribution in [-0.2, 0) is 13.7 Å². The van der Waals surface area contributed by atoms with E-state index in [4.69, 9.17) is 14.7 Å². The van der Waals surface area contributed by atoms with Crippen LogP contribution in [0, 0.1) is 0 Å². The van der Waals surface area contributed by atoms with Gasteiger partial charge in [-0.1, -0.05) is 26.3 Å². The molecule has 0 fully saturated rings. The lowest BCUT2D eigenvalue weighted by molar-refractivity contribution is 0.259. The van der Waals surface area contributed by atoms with Gasteiger partial charge in [0.2, 0.25) is 0 Å². The van der Waals surface area contributed by atoms with E-state index >= 15 is 0 Å². The van der Waals surface area contributed by atoms with Crippen molar-refractivity contribution in [2.45, 2.75) is 26.2 Å². The highest BCUT2D eigenvalue weighted by Crippen LogP contribution is 2.65. The molecule has 3 N–H and O–H groups in total. The van der Waals surface area contributed by atoms with Gasteiger partial charge in [0.15, 0.2) is 0 Å². The highest BCUT2D eigenvalue weighted by Gasteiger charge is 2.36. The Morgan fingerprint density at radius 3 is 2.20 bits per heavy atom. The monoisotopic (exact) mass is 258 g/mol. The molecule has 8 heteroatoms. The zero-order valence-electron chi connectivity index (χ0n) is 8.50. The van der Waals surface area contributed by atoms with E-state index in [0.717, 1.165) is 12.8 Å². The Bertz CT molecular complexity index is 307. The van der Waals surface area contributed by atoms with Gasteiger partial charge in [-0.05, 0) is 6.42 Å². The molecule has 0 aromatic rings. The third kappa shape index (κ3) is 5.61.